The number of anilines is 1. The molecule has 2 unspecified atom stereocenters. The van der Waals surface area contributed by atoms with Gasteiger partial charge in [-0.05, 0) is 43.2 Å². The van der Waals surface area contributed by atoms with Crippen molar-refractivity contribution >= 4 is 17.0 Å². The van der Waals surface area contributed by atoms with E-state index in [1.807, 2.05) is 0 Å². The molecule has 0 saturated heterocycles. The van der Waals surface area contributed by atoms with E-state index in [0.717, 1.165) is 23.9 Å². The molecule has 3 rings (SSSR count). The number of hydrogen-bond donors (Lipinski definition) is 1. The van der Waals surface area contributed by atoms with E-state index < -0.39 is 0 Å². The van der Waals surface area contributed by atoms with Crippen LogP contribution in [0.1, 0.15) is 38.2 Å². The summed E-state index contributed by atoms with van der Waals surface area (Å²) in [5.74, 6) is 2.28. The molecule has 1 aliphatic carbocycles. The Balaban J connectivity index is 1.94. The summed E-state index contributed by atoms with van der Waals surface area (Å²) in [6.07, 6.45) is 5.40. The molecule has 0 aliphatic heterocycles. The Bertz CT molecular complexity index is 585. The number of para-hydroxylation sites is 1. The van der Waals surface area contributed by atoms with Gasteiger partial charge in [0.25, 0.3) is 0 Å². The van der Waals surface area contributed by atoms with Gasteiger partial charge in [0.05, 0.1) is 11.0 Å². The first-order valence-corrected chi connectivity index (χ1v) is 7.36. The SMILES string of the molecule is Cc1cccc2nc(N)n(CC3CCCC(C)C3)c12. The summed E-state index contributed by atoms with van der Waals surface area (Å²) < 4.78 is 2.23. The molecular formula is C16H23N3. The van der Waals surface area contributed by atoms with Gasteiger partial charge < -0.3 is 10.3 Å². The van der Waals surface area contributed by atoms with Crippen LogP contribution in [0, 0.1) is 18.8 Å². The summed E-state index contributed by atoms with van der Waals surface area (Å²) in [4.78, 5) is 4.50. The first-order chi connectivity index (χ1) is 9.15. The molecule has 1 aliphatic rings. The predicted octanol–water partition coefficient (Wildman–Crippen LogP) is 3.75. The Hall–Kier alpha value is -1.51. The number of nitrogens with zero attached hydrogens (tertiary/aromatic N) is 2. The van der Waals surface area contributed by atoms with Gasteiger partial charge in [0, 0.05) is 6.54 Å². The molecule has 1 fully saturated rings. The van der Waals surface area contributed by atoms with E-state index in [1.54, 1.807) is 0 Å². The van der Waals surface area contributed by atoms with E-state index >= 15 is 0 Å². The summed E-state index contributed by atoms with van der Waals surface area (Å²) in [6.45, 7) is 5.54. The lowest BCUT2D eigenvalue weighted by molar-refractivity contribution is 0.259. The maximum Gasteiger partial charge on any atom is 0.201 e. The number of hydrogen-bond acceptors (Lipinski definition) is 2. The molecule has 19 heavy (non-hydrogen) atoms. The van der Waals surface area contributed by atoms with Crippen LogP contribution >= 0.6 is 0 Å². The van der Waals surface area contributed by atoms with Gasteiger partial charge >= 0.3 is 0 Å². The Morgan fingerprint density at radius 2 is 2.21 bits per heavy atom. The van der Waals surface area contributed by atoms with Crippen molar-refractivity contribution < 1.29 is 0 Å². The smallest absolute Gasteiger partial charge is 0.201 e. The number of benzene rings is 1. The van der Waals surface area contributed by atoms with Gasteiger partial charge in [-0.1, -0.05) is 31.9 Å². The molecular weight excluding hydrogens is 234 g/mol. The number of nitrogen functional groups attached to an aromatic ring is 1. The minimum Gasteiger partial charge on any atom is -0.369 e. The highest BCUT2D eigenvalue weighted by Gasteiger charge is 2.21. The highest BCUT2D eigenvalue weighted by molar-refractivity contribution is 5.81. The molecule has 102 valence electrons. The monoisotopic (exact) mass is 257 g/mol. The van der Waals surface area contributed by atoms with Gasteiger partial charge in [0.1, 0.15) is 0 Å². The number of aryl methyl sites for hydroxylation is 1. The fourth-order valence-corrected chi connectivity index (χ4v) is 3.55. The van der Waals surface area contributed by atoms with Crippen molar-refractivity contribution in [3.63, 3.8) is 0 Å². The average Bonchev–Trinajstić information content (AvgIpc) is 2.67. The molecule has 2 atom stereocenters. The van der Waals surface area contributed by atoms with Crippen molar-refractivity contribution in [2.45, 2.75) is 46.1 Å². The normalized spacial score (nSPS) is 23.9. The Morgan fingerprint density at radius 1 is 1.37 bits per heavy atom. The van der Waals surface area contributed by atoms with Crippen LogP contribution < -0.4 is 5.73 Å². The van der Waals surface area contributed by atoms with E-state index in [1.165, 1.54) is 36.8 Å². The fourth-order valence-electron chi connectivity index (χ4n) is 3.55. The minimum atomic E-state index is 0.669. The van der Waals surface area contributed by atoms with Crippen molar-refractivity contribution in [1.82, 2.24) is 9.55 Å². The van der Waals surface area contributed by atoms with Crippen LogP contribution in [0.3, 0.4) is 0 Å². The lowest BCUT2D eigenvalue weighted by Gasteiger charge is -2.27. The standard InChI is InChI=1S/C16H23N3/c1-11-5-3-7-13(9-11)10-19-15-12(2)6-4-8-14(15)18-16(19)17/h4,6,8,11,13H,3,5,7,9-10H2,1-2H3,(H2,17,18). The largest absolute Gasteiger partial charge is 0.369 e. The second kappa shape index (κ2) is 4.87. The summed E-state index contributed by atoms with van der Waals surface area (Å²) >= 11 is 0. The minimum absolute atomic E-state index is 0.669. The van der Waals surface area contributed by atoms with E-state index in [-0.39, 0.29) is 0 Å². The molecule has 0 spiro atoms. The van der Waals surface area contributed by atoms with Gasteiger partial charge in [-0.3, -0.25) is 0 Å². The highest BCUT2D eigenvalue weighted by Crippen LogP contribution is 2.31. The Labute approximate surface area is 114 Å². The number of aromatic nitrogens is 2. The predicted molar refractivity (Wildman–Crippen MR) is 80.0 cm³/mol. The zero-order valence-electron chi connectivity index (χ0n) is 11.9. The number of rotatable bonds is 2. The molecule has 3 nitrogen and oxygen atoms in total. The fraction of sp³-hybridized carbons (Fsp3) is 0.562. The third-order valence-electron chi connectivity index (χ3n) is 4.48. The lowest BCUT2D eigenvalue weighted by Crippen LogP contribution is -2.19. The third kappa shape index (κ3) is 2.34. The first-order valence-electron chi connectivity index (χ1n) is 7.36. The van der Waals surface area contributed by atoms with Crippen LogP contribution in [-0.4, -0.2) is 9.55 Å². The zero-order valence-corrected chi connectivity index (χ0v) is 11.9. The van der Waals surface area contributed by atoms with Crippen molar-refractivity contribution in [2.24, 2.45) is 11.8 Å². The quantitative estimate of drug-likeness (QED) is 0.890. The molecule has 2 aromatic rings. The number of fused-ring (bicyclic) bond motifs is 1. The summed E-state index contributed by atoms with van der Waals surface area (Å²) in [7, 11) is 0. The van der Waals surface area contributed by atoms with Gasteiger partial charge in [-0.2, -0.15) is 0 Å². The van der Waals surface area contributed by atoms with E-state index in [0.29, 0.717) is 5.95 Å². The average molecular weight is 257 g/mol. The first kappa shape index (κ1) is 12.5. The molecule has 0 bridgehead atoms. The van der Waals surface area contributed by atoms with Crippen LogP contribution in [0.5, 0.6) is 0 Å². The maximum absolute atomic E-state index is 6.13. The van der Waals surface area contributed by atoms with Crippen molar-refractivity contribution in [2.75, 3.05) is 5.73 Å². The lowest BCUT2D eigenvalue weighted by atomic mass is 9.82. The zero-order chi connectivity index (χ0) is 13.4. The molecule has 1 aromatic heterocycles. The number of nitrogens with two attached hydrogens (primary N) is 1. The topological polar surface area (TPSA) is 43.8 Å². The Morgan fingerprint density at radius 3 is 3.00 bits per heavy atom. The molecule has 1 aromatic carbocycles. The molecule has 0 radical (unpaired) electrons. The van der Waals surface area contributed by atoms with Crippen LogP contribution in [-0.2, 0) is 6.54 Å². The molecule has 1 heterocycles. The highest BCUT2D eigenvalue weighted by atomic mass is 15.2. The van der Waals surface area contributed by atoms with Crippen LogP contribution in [0.2, 0.25) is 0 Å². The third-order valence-corrected chi connectivity index (χ3v) is 4.48. The van der Waals surface area contributed by atoms with Gasteiger partial charge in [-0.15, -0.1) is 0 Å². The van der Waals surface area contributed by atoms with Crippen LogP contribution in [0.15, 0.2) is 18.2 Å². The van der Waals surface area contributed by atoms with E-state index in [9.17, 15) is 0 Å². The van der Waals surface area contributed by atoms with Crippen molar-refractivity contribution in [1.29, 1.82) is 0 Å². The second-order valence-corrected chi connectivity index (χ2v) is 6.16. The summed E-state index contributed by atoms with van der Waals surface area (Å²) in [6, 6.07) is 6.25. The second-order valence-electron chi connectivity index (χ2n) is 6.16. The molecule has 3 heteroatoms. The molecule has 1 saturated carbocycles. The van der Waals surface area contributed by atoms with Crippen LogP contribution in [0.25, 0.3) is 11.0 Å². The van der Waals surface area contributed by atoms with E-state index in [4.69, 9.17) is 5.73 Å². The van der Waals surface area contributed by atoms with Gasteiger partial charge in [-0.25, -0.2) is 4.98 Å². The van der Waals surface area contributed by atoms with E-state index in [2.05, 4.69) is 41.6 Å². The van der Waals surface area contributed by atoms with Gasteiger partial charge in [0.2, 0.25) is 5.95 Å². The maximum atomic E-state index is 6.13. The Kier molecular flexibility index (Phi) is 3.21. The summed E-state index contributed by atoms with van der Waals surface area (Å²) in [5, 5.41) is 0. The van der Waals surface area contributed by atoms with Gasteiger partial charge in [0.15, 0.2) is 0 Å². The van der Waals surface area contributed by atoms with Crippen molar-refractivity contribution in [3.8, 4) is 0 Å². The number of imidazole rings is 1. The molecule has 0 amide bonds. The summed E-state index contributed by atoms with van der Waals surface area (Å²) in [5.41, 5.74) is 9.64. The molecule has 2 N–H and O–H groups in total. The van der Waals surface area contributed by atoms with Crippen LogP contribution in [0.4, 0.5) is 5.95 Å². The van der Waals surface area contributed by atoms with Crippen molar-refractivity contribution in [3.05, 3.63) is 23.8 Å².